The van der Waals surface area contributed by atoms with Crippen LogP contribution in [0.15, 0.2) is 18.2 Å². The van der Waals surface area contributed by atoms with Crippen LogP contribution in [0.1, 0.15) is 25.0 Å². The van der Waals surface area contributed by atoms with Gasteiger partial charge in [0, 0.05) is 30.3 Å². The molecule has 0 unspecified atom stereocenters. The molecule has 106 valence electrons. The molecule has 0 aliphatic carbocycles. The fraction of sp³-hybridized carbons (Fsp3) is 0.500. The quantitative estimate of drug-likeness (QED) is 0.815. The van der Waals surface area contributed by atoms with Crippen LogP contribution in [0.3, 0.4) is 0 Å². The van der Waals surface area contributed by atoms with E-state index in [0.29, 0.717) is 17.7 Å². The molecule has 1 aromatic carbocycles. The minimum Gasteiger partial charge on any atom is -0.353 e. The Morgan fingerprint density at radius 2 is 2.05 bits per heavy atom. The molecular formula is C14H22FN3O. The molecule has 0 fully saturated rings. The van der Waals surface area contributed by atoms with E-state index >= 15 is 0 Å². The highest BCUT2D eigenvalue weighted by Gasteiger charge is 2.12. The van der Waals surface area contributed by atoms with E-state index in [9.17, 15) is 9.18 Å². The van der Waals surface area contributed by atoms with Gasteiger partial charge in [-0.1, -0.05) is 18.2 Å². The molecule has 4 nitrogen and oxygen atoms in total. The van der Waals surface area contributed by atoms with Gasteiger partial charge in [0.2, 0.25) is 5.91 Å². The van der Waals surface area contributed by atoms with Gasteiger partial charge in [-0.15, -0.1) is 0 Å². The number of carbonyl (C=O) groups is 1. The number of carbonyl (C=O) groups excluding carboxylic acids is 1. The Morgan fingerprint density at radius 3 is 2.63 bits per heavy atom. The van der Waals surface area contributed by atoms with Crippen molar-refractivity contribution in [3.63, 3.8) is 0 Å². The van der Waals surface area contributed by atoms with Crippen LogP contribution < -0.4 is 11.1 Å². The molecule has 0 aliphatic heterocycles. The van der Waals surface area contributed by atoms with Gasteiger partial charge < -0.3 is 11.1 Å². The van der Waals surface area contributed by atoms with Gasteiger partial charge in [0.1, 0.15) is 5.82 Å². The maximum atomic E-state index is 14.0. The molecule has 1 amide bonds. The van der Waals surface area contributed by atoms with Gasteiger partial charge in [0.15, 0.2) is 0 Å². The number of nitrogens with one attached hydrogen (secondary N) is 1. The van der Waals surface area contributed by atoms with E-state index < -0.39 is 0 Å². The largest absolute Gasteiger partial charge is 0.353 e. The topological polar surface area (TPSA) is 58.4 Å². The molecule has 0 spiro atoms. The van der Waals surface area contributed by atoms with Gasteiger partial charge in [-0.3, -0.25) is 9.69 Å². The summed E-state index contributed by atoms with van der Waals surface area (Å²) in [7, 11) is 1.79. The van der Waals surface area contributed by atoms with E-state index in [1.54, 1.807) is 30.1 Å². The van der Waals surface area contributed by atoms with Crippen LogP contribution in [-0.4, -0.2) is 30.4 Å². The molecule has 1 rings (SSSR count). The number of hydrogen-bond donors (Lipinski definition) is 2. The van der Waals surface area contributed by atoms with E-state index in [-0.39, 0.29) is 30.9 Å². The summed E-state index contributed by atoms with van der Waals surface area (Å²) in [4.78, 5) is 13.4. The number of nitrogens with two attached hydrogens (primary N) is 1. The molecular weight excluding hydrogens is 245 g/mol. The third kappa shape index (κ3) is 4.96. The second-order valence-corrected chi connectivity index (χ2v) is 4.99. The first-order valence-electron chi connectivity index (χ1n) is 6.38. The standard InChI is InChI=1S/C14H22FN3O/c1-10(2)17-13(19)9-18(3)8-12-6-4-5-11(7-16)14(12)15/h4-6,10H,7-9,16H2,1-3H3,(H,17,19). The SMILES string of the molecule is CC(C)NC(=O)CN(C)Cc1cccc(CN)c1F. The lowest BCUT2D eigenvalue weighted by atomic mass is 10.1. The molecule has 5 heteroatoms. The fourth-order valence-electron chi connectivity index (χ4n) is 1.87. The molecule has 3 N–H and O–H groups in total. The molecule has 0 saturated carbocycles. The molecule has 0 atom stereocenters. The third-order valence-corrected chi connectivity index (χ3v) is 2.68. The third-order valence-electron chi connectivity index (χ3n) is 2.68. The van der Waals surface area contributed by atoms with Crippen molar-refractivity contribution >= 4 is 5.91 Å². The predicted octanol–water partition coefficient (Wildman–Crippen LogP) is 1.24. The first kappa shape index (κ1) is 15.6. The lowest BCUT2D eigenvalue weighted by Crippen LogP contribution is -2.38. The molecule has 0 heterocycles. The van der Waals surface area contributed by atoms with Crippen molar-refractivity contribution in [3.05, 3.63) is 35.1 Å². The summed E-state index contributed by atoms with van der Waals surface area (Å²) in [6, 6.07) is 5.27. The lowest BCUT2D eigenvalue weighted by molar-refractivity contribution is -0.122. The molecule has 0 radical (unpaired) electrons. The van der Waals surface area contributed by atoms with Crippen molar-refractivity contribution in [2.24, 2.45) is 5.73 Å². The Balaban J connectivity index is 2.62. The summed E-state index contributed by atoms with van der Waals surface area (Å²) in [5.74, 6) is -0.339. The van der Waals surface area contributed by atoms with Gasteiger partial charge in [0.25, 0.3) is 0 Å². The summed E-state index contributed by atoms with van der Waals surface area (Å²) in [5.41, 5.74) is 6.52. The van der Waals surface area contributed by atoms with Crippen molar-refractivity contribution < 1.29 is 9.18 Å². The second kappa shape index (κ2) is 7.21. The first-order chi connectivity index (χ1) is 8.93. The average molecular weight is 267 g/mol. The van der Waals surface area contributed by atoms with Crippen molar-refractivity contribution in [1.82, 2.24) is 10.2 Å². The Morgan fingerprint density at radius 1 is 1.42 bits per heavy atom. The zero-order valence-electron chi connectivity index (χ0n) is 11.7. The maximum Gasteiger partial charge on any atom is 0.234 e. The van der Waals surface area contributed by atoms with Gasteiger partial charge in [-0.2, -0.15) is 0 Å². The van der Waals surface area contributed by atoms with E-state index in [1.807, 2.05) is 13.8 Å². The predicted molar refractivity (Wildman–Crippen MR) is 73.9 cm³/mol. The molecule has 0 aliphatic rings. The number of nitrogens with zero attached hydrogens (tertiary/aromatic N) is 1. The number of benzene rings is 1. The lowest BCUT2D eigenvalue weighted by Gasteiger charge is -2.18. The van der Waals surface area contributed by atoms with Crippen molar-refractivity contribution in [3.8, 4) is 0 Å². The highest BCUT2D eigenvalue weighted by Crippen LogP contribution is 2.14. The summed E-state index contributed by atoms with van der Waals surface area (Å²) < 4.78 is 14.0. The zero-order valence-corrected chi connectivity index (χ0v) is 11.7. The number of rotatable bonds is 6. The Labute approximate surface area is 113 Å². The molecule has 0 aromatic heterocycles. The van der Waals surface area contributed by atoms with Gasteiger partial charge in [-0.25, -0.2) is 4.39 Å². The van der Waals surface area contributed by atoms with E-state index in [1.165, 1.54) is 0 Å². The second-order valence-electron chi connectivity index (χ2n) is 4.99. The van der Waals surface area contributed by atoms with Crippen molar-refractivity contribution in [1.29, 1.82) is 0 Å². The van der Waals surface area contributed by atoms with E-state index in [4.69, 9.17) is 5.73 Å². The minimum absolute atomic E-state index is 0.0621. The number of amides is 1. The summed E-state index contributed by atoms with van der Waals surface area (Å²) in [5, 5.41) is 2.80. The number of halogens is 1. The zero-order chi connectivity index (χ0) is 14.4. The molecule has 19 heavy (non-hydrogen) atoms. The summed E-state index contributed by atoms with van der Waals surface area (Å²) >= 11 is 0. The smallest absolute Gasteiger partial charge is 0.234 e. The van der Waals surface area contributed by atoms with Gasteiger partial charge in [0.05, 0.1) is 6.54 Å². The van der Waals surface area contributed by atoms with Crippen LogP contribution >= 0.6 is 0 Å². The van der Waals surface area contributed by atoms with Crippen LogP contribution in [0.25, 0.3) is 0 Å². The fourth-order valence-corrected chi connectivity index (χ4v) is 1.87. The van der Waals surface area contributed by atoms with Crippen LogP contribution in [0.4, 0.5) is 4.39 Å². The normalized spacial score (nSPS) is 11.1. The molecule has 0 bridgehead atoms. The first-order valence-corrected chi connectivity index (χ1v) is 6.38. The molecule has 1 aromatic rings. The highest BCUT2D eigenvalue weighted by atomic mass is 19.1. The minimum atomic E-state index is -0.277. The Kier molecular flexibility index (Phi) is 5.92. The monoisotopic (exact) mass is 267 g/mol. The van der Waals surface area contributed by atoms with E-state index in [2.05, 4.69) is 5.32 Å². The molecule has 0 saturated heterocycles. The van der Waals surface area contributed by atoms with Gasteiger partial charge in [-0.05, 0) is 20.9 Å². The number of likely N-dealkylation sites (N-methyl/N-ethyl adjacent to an activating group) is 1. The van der Waals surface area contributed by atoms with Crippen LogP contribution in [0.5, 0.6) is 0 Å². The highest BCUT2D eigenvalue weighted by molar-refractivity contribution is 5.78. The van der Waals surface area contributed by atoms with Crippen LogP contribution in [-0.2, 0) is 17.9 Å². The Bertz CT molecular complexity index is 435. The average Bonchev–Trinajstić information content (AvgIpc) is 2.30. The van der Waals surface area contributed by atoms with Crippen molar-refractivity contribution in [2.75, 3.05) is 13.6 Å². The van der Waals surface area contributed by atoms with Crippen LogP contribution in [0, 0.1) is 5.82 Å². The Hall–Kier alpha value is -1.46. The maximum absolute atomic E-state index is 14.0. The van der Waals surface area contributed by atoms with E-state index in [0.717, 1.165) is 0 Å². The van der Waals surface area contributed by atoms with Crippen LogP contribution in [0.2, 0.25) is 0 Å². The van der Waals surface area contributed by atoms with Crippen molar-refractivity contribution in [2.45, 2.75) is 33.0 Å². The summed E-state index contributed by atoms with van der Waals surface area (Å²) in [6.07, 6.45) is 0. The number of hydrogen-bond acceptors (Lipinski definition) is 3. The summed E-state index contributed by atoms with van der Waals surface area (Å²) in [6.45, 7) is 4.61. The van der Waals surface area contributed by atoms with Gasteiger partial charge >= 0.3 is 0 Å².